The van der Waals surface area contributed by atoms with Crippen molar-refractivity contribution in [1.82, 2.24) is 0 Å². The van der Waals surface area contributed by atoms with Crippen LogP contribution in [0.15, 0.2) is 33.4 Å². The largest absolute Gasteiger partial charge is 0.465 e. The van der Waals surface area contributed by atoms with Gasteiger partial charge in [-0.15, -0.1) is 0 Å². The molecule has 2 aromatic rings. The van der Waals surface area contributed by atoms with Gasteiger partial charge in [-0.25, -0.2) is 0 Å². The number of halogens is 1. The van der Waals surface area contributed by atoms with Crippen molar-refractivity contribution in [1.29, 1.82) is 0 Å². The summed E-state index contributed by atoms with van der Waals surface area (Å²) in [6, 6.07) is 5.89. The number of aliphatic hydroxyl groups excluding tert-OH is 1. The summed E-state index contributed by atoms with van der Waals surface area (Å²) >= 11 is 3.37. The zero-order valence-corrected chi connectivity index (χ0v) is 11.7. The first kappa shape index (κ1) is 12.4. The minimum Gasteiger partial charge on any atom is -0.465 e. The fourth-order valence-electron chi connectivity index (χ4n) is 1.92. The van der Waals surface area contributed by atoms with Crippen LogP contribution in [-0.4, -0.2) is 5.11 Å². The molecule has 0 radical (unpaired) electrons. The van der Waals surface area contributed by atoms with Crippen LogP contribution in [0.25, 0.3) is 0 Å². The quantitative estimate of drug-likeness (QED) is 0.906. The van der Waals surface area contributed by atoms with Gasteiger partial charge >= 0.3 is 0 Å². The first-order chi connectivity index (χ1) is 8.00. The molecule has 1 atom stereocenters. The molecular formula is C14H15BrO2. The van der Waals surface area contributed by atoms with Gasteiger partial charge in [-0.2, -0.15) is 0 Å². The Bertz CT molecular complexity index is 543. The van der Waals surface area contributed by atoms with Crippen LogP contribution in [0.1, 0.15) is 34.1 Å². The van der Waals surface area contributed by atoms with Crippen LogP contribution in [-0.2, 0) is 0 Å². The van der Waals surface area contributed by atoms with Crippen LogP contribution in [0.4, 0.5) is 0 Å². The van der Waals surface area contributed by atoms with Gasteiger partial charge in [0.2, 0.25) is 0 Å². The molecule has 2 nitrogen and oxygen atoms in total. The van der Waals surface area contributed by atoms with Crippen molar-refractivity contribution in [3.8, 4) is 0 Å². The van der Waals surface area contributed by atoms with Crippen LogP contribution in [0.5, 0.6) is 0 Å². The molecule has 0 aliphatic carbocycles. The Labute approximate surface area is 109 Å². The highest BCUT2D eigenvalue weighted by atomic mass is 79.9. The molecule has 1 heterocycles. The van der Waals surface area contributed by atoms with Gasteiger partial charge in [-0.1, -0.05) is 12.1 Å². The van der Waals surface area contributed by atoms with E-state index in [9.17, 15) is 5.11 Å². The molecule has 0 amide bonds. The highest BCUT2D eigenvalue weighted by Gasteiger charge is 2.19. The van der Waals surface area contributed by atoms with Gasteiger partial charge in [0.25, 0.3) is 0 Å². The normalized spacial score (nSPS) is 12.8. The lowest BCUT2D eigenvalue weighted by Crippen LogP contribution is -2.03. The van der Waals surface area contributed by atoms with Gasteiger partial charge in [-0.3, -0.25) is 0 Å². The lowest BCUT2D eigenvalue weighted by molar-refractivity contribution is 0.187. The number of rotatable bonds is 2. The Morgan fingerprint density at radius 1 is 1.12 bits per heavy atom. The Kier molecular flexibility index (Phi) is 3.40. The van der Waals surface area contributed by atoms with E-state index in [2.05, 4.69) is 28.9 Å². The molecule has 1 unspecified atom stereocenters. The van der Waals surface area contributed by atoms with E-state index in [0.29, 0.717) is 5.76 Å². The SMILES string of the molecule is Cc1cc(C)c(C(O)c2occc2Br)cc1C. The monoisotopic (exact) mass is 294 g/mol. The molecule has 0 bridgehead atoms. The van der Waals surface area contributed by atoms with Crippen molar-refractivity contribution < 1.29 is 9.52 Å². The summed E-state index contributed by atoms with van der Waals surface area (Å²) in [5.74, 6) is 0.552. The maximum Gasteiger partial charge on any atom is 0.150 e. The Morgan fingerprint density at radius 3 is 2.35 bits per heavy atom. The second kappa shape index (κ2) is 4.67. The lowest BCUT2D eigenvalue weighted by atomic mass is 9.96. The van der Waals surface area contributed by atoms with Crippen LogP contribution < -0.4 is 0 Å². The van der Waals surface area contributed by atoms with E-state index in [1.54, 1.807) is 12.3 Å². The molecule has 0 aliphatic heterocycles. The number of furan rings is 1. The standard InChI is InChI=1S/C14H15BrO2/c1-8-6-10(3)11(7-9(8)2)13(16)14-12(15)4-5-17-14/h4-7,13,16H,1-3H3. The topological polar surface area (TPSA) is 33.4 Å². The molecule has 2 rings (SSSR count). The summed E-state index contributed by atoms with van der Waals surface area (Å²) in [5, 5.41) is 10.3. The summed E-state index contributed by atoms with van der Waals surface area (Å²) in [5.41, 5.74) is 4.37. The van der Waals surface area contributed by atoms with Gasteiger partial charge in [0.1, 0.15) is 6.10 Å². The molecule has 0 spiro atoms. The van der Waals surface area contributed by atoms with Crippen LogP contribution in [0.2, 0.25) is 0 Å². The fraction of sp³-hybridized carbons (Fsp3) is 0.286. The number of hydrogen-bond acceptors (Lipinski definition) is 2. The predicted octanol–water partition coefficient (Wildman–Crippen LogP) is 4.05. The summed E-state index contributed by atoms with van der Waals surface area (Å²) in [4.78, 5) is 0. The zero-order valence-electron chi connectivity index (χ0n) is 10.1. The molecule has 0 fully saturated rings. The summed E-state index contributed by atoms with van der Waals surface area (Å²) in [6.07, 6.45) is 0.845. The van der Waals surface area contributed by atoms with Gasteiger partial charge in [0, 0.05) is 0 Å². The number of aryl methyl sites for hydroxylation is 3. The van der Waals surface area contributed by atoms with Crippen molar-refractivity contribution in [3.63, 3.8) is 0 Å². The molecule has 1 aromatic carbocycles. The fourth-order valence-corrected chi connectivity index (χ4v) is 2.34. The van der Waals surface area contributed by atoms with E-state index in [-0.39, 0.29) is 0 Å². The maximum absolute atomic E-state index is 10.3. The molecule has 17 heavy (non-hydrogen) atoms. The van der Waals surface area contributed by atoms with E-state index in [0.717, 1.165) is 15.6 Å². The number of hydrogen-bond donors (Lipinski definition) is 1. The minimum atomic E-state index is -0.723. The molecule has 0 saturated heterocycles. The number of aliphatic hydroxyl groups is 1. The third-order valence-electron chi connectivity index (χ3n) is 3.07. The molecule has 1 aromatic heterocycles. The Balaban J connectivity index is 2.48. The molecule has 90 valence electrons. The van der Waals surface area contributed by atoms with Crippen molar-refractivity contribution in [3.05, 3.63) is 56.9 Å². The third-order valence-corrected chi connectivity index (χ3v) is 3.73. The summed E-state index contributed by atoms with van der Waals surface area (Å²) < 4.78 is 6.10. The highest BCUT2D eigenvalue weighted by Crippen LogP contribution is 2.32. The molecule has 3 heteroatoms. The maximum atomic E-state index is 10.3. The smallest absolute Gasteiger partial charge is 0.150 e. The lowest BCUT2D eigenvalue weighted by Gasteiger charge is -2.14. The van der Waals surface area contributed by atoms with Crippen LogP contribution >= 0.6 is 15.9 Å². The van der Waals surface area contributed by atoms with E-state index >= 15 is 0 Å². The zero-order chi connectivity index (χ0) is 12.6. The first-order valence-electron chi connectivity index (χ1n) is 5.49. The second-order valence-corrected chi connectivity index (χ2v) is 5.18. The van der Waals surface area contributed by atoms with Crippen molar-refractivity contribution in [2.45, 2.75) is 26.9 Å². The van der Waals surface area contributed by atoms with Crippen molar-refractivity contribution >= 4 is 15.9 Å². The second-order valence-electron chi connectivity index (χ2n) is 4.33. The molecule has 1 N–H and O–H groups in total. The van der Waals surface area contributed by atoms with Crippen LogP contribution in [0, 0.1) is 20.8 Å². The first-order valence-corrected chi connectivity index (χ1v) is 6.28. The average Bonchev–Trinajstić information content (AvgIpc) is 2.69. The highest BCUT2D eigenvalue weighted by molar-refractivity contribution is 9.10. The van der Waals surface area contributed by atoms with Crippen molar-refractivity contribution in [2.75, 3.05) is 0 Å². The Hall–Kier alpha value is -1.06. The van der Waals surface area contributed by atoms with Gasteiger partial charge in [-0.05, 0) is 65.0 Å². The summed E-state index contributed by atoms with van der Waals surface area (Å²) in [6.45, 7) is 6.12. The van der Waals surface area contributed by atoms with E-state index in [1.165, 1.54) is 11.1 Å². The predicted molar refractivity (Wildman–Crippen MR) is 71.1 cm³/mol. The number of benzene rings is 1. The van der Waals surface area contributed by atoms with E-state index in [4.69, 9.17) is 4.42 Å². The van der Waals surface area contributed by atoms with Gasteiger partial charge < -0.3 is 9.52 Å². The molecular weight excluding hydrogens is 280 g/mol. The van der Waals surface area contributed by atoms with Gasteiger partial charge in [0.15, 0.2) is 5.76 Å². The molecule has 0 saturated carbocycles. The summed E-state index contributed by atoms with van der Waals surface area (Å²) in [7, 11) is 0. The Morgan fingerprint density at radius 2 is 1.76 bits per heavy atom. The third kappa shape index (κ3) is 2.31. The van der Waals surface area contributed by atoms with E-state index in [1.807, 2.05) is 19.9 Å². The van der Waals surface area contributed by atoms with Crippen LogP contribution in [0.3, 0.4) is 0 Å². The van der Waals surface area contributed by atoms with Gasteiger partial charge in [0.05, 0.1) is 10.7 Å². The van der Waals surface area contributed by atoms with E-state index < -0.39 is 6.10 Å². The average molecular weight is 295 g/mol. The van der Waals surface area contributed by atoms with Crippen molar-refractivity contribution in [2.24, 2.45) is 0 Å². The molecule has 0 aliphatic rings. The minimum absolute atomic E-state index is 0.552.